The fourth-order valence-corrected chi connectivity index (χ4v) is 2.52. The first-order chi connectivity index (χ1) is 8.29. The minimum Gasteiger partial charge on any atom is -0.399 e. The second-order valence-electron chi connectivity index (χ2n) is 4.86. The first kappa shape index (κ1) is 12.4. The van der Waals surface area contributed by atoms with Crippen molar-refractivity contribution in [2.75, 3.05) is 25.4 Å². The number of hydrogen-bond donors (Lipinski definition) is 2. The number of nitrogens with zero attached hydrogens (tertiary/aromatic N) is 1. The summed E-state index contributed by atoms with van der Waals surface area (Å²) in [6, 6.07) is 8.46. The lowest BCUT2D eigenvalue weighted by Gasteiger charge is -2.34. The molecule has 0 bridgehead atoms. The van der Waals surface area contributed by atoms with Crippen LogP contribution in [0.25, 0.3) is 0 Å². The number of benzene rings is 1. The minimum atomic E-state index is 0.293. The molecule has 0 radical (unpaired) electrons. The molecule has 1 saturated heterocycles. The molecule has 2 rings (SSSR count). The third kappa shape index (κ3) is 3.45. The van der Waals surface area contributed by atoms with E-state index < -0.39 is 0 Å². The monoisotopic (exact) mass is 234 g/mol. The highest BCUT2D eigenvalue weighted by atomic mass is 16.3. The number of piperidine rings is 1. The molecule has 3 nitrogen and oxygen atoms in total. The summed E-state index contributed by atoms with van der Waals surface area (Å²) in [5.74, 6) is 0. The zero-order chi connectivity index (χ0) is 12.1. The van der Waals surface area contributed by atoms with Crippen molar-refractivity contribution in [3.8, 4) is 0 Å². The highest BCUT2D eigenvalue weighted by Crippen LogP contribution is 2.17. The van der Waals surface area contributed by atoms with Crippen LogP contribution in [-0.4, -0.2) is 35.7 Å². The summed E-state index contributed by atoms with van der Waals surface area (Å²) in [6.45, 7) is 2.46. The minimum absolute atomic E-state index is 0.293. The number of likely N-dealkylation sites (tertiary alicyclic amines) is 1. The van der Waals surface area contributed by atoms with Crippen LogP contribution in [0.2, 0.25) is 0 Å². The van der Waals surface area contributed by atoms with Gasteiger partial charge in [-0.05, 0) is 43.5 Å². The lowest BCUT2D eigenvalue weighted by atomic mass is 10.0. The Kier molecular flexibility index (Phi) is 4.40. The molecule has 0 amide bonds. The van der Waals surface area contributed by atoms with Crippen molar-refractivity contribution in [1.29, 1.82) is 0 Å². The van der Waals surface area contributed by atoms with Crippen LogP contribution < -0.4 is 5.73 Å². The number of rotatable bonds is 4. The molecule has 1 aliphatic heterocycles. The van der Waals surface area contributed by atoms with Gasteiger partial charge in [-0.15, -0.1) is 0 Å². The largest absolute Gasteiger partial charge is 0.399 e. The Labute approximate surface area is 103 Å². The molecule has 0 aromatic heterocycles. The van der Waals surface area contributed by atoms with Crippen LogP contribution in [0.3, 0.4) is 0 Å². The third-order valence-electron chi connectivity index (χ3n) is 3.63. The van der Waals surface area contributed by atoms with Crippen LogP contribution in [0.1, 0.15) is 24.8 Å². The van der Waals surface area contributed by atoms with Gasteiger partial charge in [0.25, 0.3) is 0 Å². The smallest absolute Gasteiger partial charge is 0.0586 e. The molecular weight excluding hydrogens is 212 g/mol. The van der Waals surface area contributed by atoms with Gasteiger partial charge in [0, 0.05) is 18.3 Å². The van der Waals surface area contributed by atoms with E-state index in [-0.39, 0.29) is 0 Å². The van der Waals surface area contributed by atoms with E-state index in [1.165, 1.54) is 18.4 Å². The van der Waals surface area contributed by atoms with Crippen molar-refractivity contribution in [2.45, 2.75) is 31.7 Å². The molecule has 1 aromatic carbocycles. The van der Waals surface area contributed by atoms with Crippen molar-refractivity contribution < 1.29 is 5.11 Å². The molecular formula is C14H22N2O. The molecule has 0 spiro atoms. The maximum atomic E-state index is 9.34. The Morgan fingerprint density at radius 3 is 2.71 bits per heavy atom. The fourth-order valence-electron chi connectivity index (χ4n) is 2.52. The zero-order valence-electron chi connectivity index (χ0n) is 10.3. The summed E-state index contributed by atoms with van der Waals surface area (Å²) in [4.78, 5) is 2.42. The van der Waals surface area contributed by atoms with Crippen LogP contribution in [0.15, 0.2) is 24.3 Å². The molecule has 3 N–H and O–H groups in total. The van der Waals surface area contributed by atoms with Gasteiger partial charge in [0.15, 0.2) is 0 Å². The molecule has 3 heteroatoms. The predicted molar refractivity (Wildman–Crippen MR) is 70.9 cm³/mol. The molecule has 1 fully saturated rings. The van der Waals surface area contributed by atoms with E-state index in [2.05, 4.69) is 17.0 Å². The normalized spacial score (nSPS) is 21.6. The summed E-state index contributed by atoms with van der Waals surface area (Å²) < 4.78 is 0. The van der Waals surface area contributed by atoms with Gasteiger partial charge < -0.3 is 10.8 Å². The highest BCUT2D eigenvalue weighted by molar-refractivity contribution is 5.39. The van der Waals surface area contributed by atoms with Crippen LogP contribution in [0.4, 0.5) is 5.69 Å². The molecule has 94 valence electrons. The number of hydrogen-bond acceptors (Lipinski definition) is 3. The quantitative estimate of drug-likeness (QED) is 0.779. The first-order valence-corrected chi connectivity index (χ1v) is 6.49. The standard InChI is InChI=1S/C14H22N2O/c15-13-6-4-12(5-7-13)8-10-16-9-2-1-3-14(16)11-17/h4-7,14,17H,1-3,8-11,15H2. The van der Waals surface area contributed by atoms with Crippen molar-refractivity contribution in [1.82, 2.24) is 4.90 Å². The van der Waals surface area contributed by atoms with Gasteiger partial charge in [-0.3, -0.25) is 4.90 Å². The SMILES string of the molecule is Nc1ccc(CCN2CCCCC2CO)cc1. The number of nitrogen functional groups attached to an aromatic ring is 1. The topological polar surface area (TPSA) is 49.5 Å². The van der Waals surface area contributed by atoms with Gasteiger partial charge in [0.1, 0.15) is 0 Å². The van der Waals surface area contributed by atoms with Gasteiger partial charge in [-0.1, -0.05) is 18.6 Å². The average molecular weight is 234 g/mol. The van der Waals surface area contributed by atoms with E-state index in [1.54, 1.807) is 0 Å². The van der Waals surface area contributed by atoms with Gasteiger partial charge >= 0.3 is 0 Å². The second kappa shape index (κ2) is 6.03. The summed E-state index contributed by atoms with van der Waals surface area (Å²) in [5.41, 5.74) is 7.81. The molecule has 1 atom stereocenters. The van der Waals surface area contributed by atoms with Crippen LogP contribution >= 0.6 is 0 Å². The predicted octanol–water partition coefficient (Wildman–Crippen LogP) is 1.66. The lowest BCUT2D eigenvalue weighted by molar-refractivity contribution is 0.0913. The van der Waals surface area contributed by atoms with Crippen molar-refractivity contribution in [3.05, 3.63) is 29.8 Å². The summed E-state index contributed by atoms with van der Waals surface area (Å²) in [7, 11) is 0. The van der Waals surface area contributed by atoms with Crippen LogP contribution in [0.5, 0.6) is 0 Å². The Balaban J connectivity index is 1.86. The van der Waals surface area contributed by atoms with E-state index in [9.17, 15) is 5.11 Å². The molecule has 1 unspecified atom stereocenters. The first-order valence-electron chi connectivity index (χ1n) is 6.49. The number of anilines is 1. The number of aliphatic hydroxyl groups excluding tert-OH is 1. The number of aliphatic hydroxyl groups is 1. The maximum Gasteiger partial charge on any atom is 0.0586 e. The van der Waals surface area contributed by atoms with Crippen molar-refractivity contribution in [2.24, 2.45) is 0 Å². The van der Waals surface area contributed by atoms with Crippen molar-refractivity contribution in [3.63, 3.8) is 0 Å². The second-order valence-corrected chi connectivity index (χ2v) is 4.86. The fraction of sp³-hybridized carbons (Fsp3) is 0.571. The van der Waals surface area contributed by atoms with Gasteiger partial charge in [-0.2, -0.15) is 0 Å². The summed E-state index contributed by atoms with van der Waals surface area (Å²) in [6.07, 6.45) is 4.69. The molecule has 0 aliphatic carbocycles. The maximum absolute atomic E-state index is 9.34. The molecule has 1 heterocycles. The highest BCUT2D eigenvalue weighted by Gasteiger charge is 2.20. The van der Waals surface area contributed by atoms with Crippen molar-refractivity contribution >= 4 is 5.69 Å². The Bertz CT molecular complexity index is 337. The molecule has 17 heavy (non-hydrogen) atoms. The average Bonchev–Trinajstić information content (AvgIpc) is 2.38. The van der Waals surface area contributed by atoms with E-state index in [1.807, 2.05) is 12.1 Å². The zero-order valence-corrected chi connectivity index (χ0v) is 10.3. The van der Waals surface area contributed by atoms with Gasteiger partial charge in [0.05, 0.1) is 6.61 Å². The Morgan fingerprint density at radius 2 is 2.00 bits per heavy atom. The van der Waals surface area contributed by atoms with E-state index >= 15 is 0 Å². The lowest BCUT2D eigenvalue weighted by Crippen LogP contribution is -2.42. The van der Waals surface area contributed by atoms with E-state index in [0.717, 1.165) is 31.6 Å². The van der Waals surface area contributed by atoms with E-state index in [0.29, 0.717) is 12.6 Å². The molecule has 1 aromatic rings. The van der Waals surface area contributed by atoms with Gasteiger partial charge in [-0.25, -0.2) is 0 Å². The summed E-state index contributed by atoms with van der Waals surface area (Å²) >= 11 is 0. The Morgan fingerprint density at radius 1 is 1.24 bits per heavy atom. The molecule has 1 aliphatic rings. The Hall–Kier alpha value is -1.06. The van der Waals surface area contributed by atoms with Crippen LogP contribution in [0, 0.1) is 0 Å². The third-order valence-corrected chi connectivity index (χ3v) is 3.63. The summed E-state index contributed by atoms with van der Waals surface area (Å²) in [5, 5.41) is 9.34. The van der Waals surface area contributed by atoms with E-state index in [4.69, 9.17) is 5.73 Å². The molecule has 0 saturated carbocycles. The van der Waals surface area contributed by atoms with Gasteiger partial charge in [0.2, 0.25) is 0 Å². The van der Waals surface area contributed by atoms with Crippen LogP contribution in [-0.2, 0) is 6.42 Å². The number of nitrogens with two attached hydrogens (primary N) is 1.